The van der Waals surface area contributed by atoms with E-state index < -0.39 is 0 Å². The van der Waals surface area contributed by atoms with Crippen molar-refractivity contribution in [2.75, 3.05) is 0 Å². The van der Waals surface area contributed by atoms with E-state index in [1.807, 2.05) is 32.0 Å². The Morgan fingerprint density at radius 3 is 2.69 bits per heavy atom. The smallest absolute Gasteiger partial charge is 0.335 e. The van der Waals surface area contributed by atoms with Crippen molar-refractivity contribution in [1.82, 2.24) is 24.1 Å². The van der Waals surface area contributed by atoms with E-state index >= 15 is 0 Å². The van der Waals surface area contributed by atoms with Crippen LogP contribution in [-0.4, -0.2) is 29.2 Å². The number of rotatable bonds is 6. The summed E-state index contributed by atoms with van der Waals surface area (Å²) in [6.07, 6.45) is 5.44. The SMILES string of the molecule is Cc1noc(C)c1Cn1cc(-n2c(O)cn(CCc3cccc4ccccc34)c2=O)cn1. The summed E-state index contributed by atoms with van der Waals surface area (Å²) in [7, 11) is 0. The quantitative estimate of drug-likeness (QED) is 0.445. The second-order valence-corrected chi connectivity index (χ2v) is 7.89. The van der Waals surface area contributed by atoms with Crippen LogP contribution >= 0.6 is 0 Å². The predicted octanol–water partition coefficient (Wildman–Crippen LogP) is 3.59. The molecule has 0 saturated carbocycles. The lowest BCUT2D eigenvalue weighted by atomic mass is 10.0. The van der Waals surface area contributed by atoms with Gasteiger partial charge in [-0.2, -0.15) is 5.10 Å². The fourth-order valence-electron chi connectivity index (χ4n) is 4.08. The van der Waals surface area contributed by atoms with Gasteiger partial charge in [-0.15, -0.1) is 0 Å². The maximum Gasteiger partial charge on any atom is 0.335 e. The predicted molar refractivity (Wildman–Crippen MR) is 120 cm³/mol. The summed E-state index contributed by atoms with van der Waals surface area (Å²) in [6, 6.07) is 14.4. The largest absolute Gasteiger partial charge is 0.493 e. The van der Waals surface area contributed by atoms with Crippen LogP contribution in [0.15, 0.2) is 70.4 Å². The highest BCUT2D eigenvalue weighted by molar-refractivity contribution is 5.85. The molecule has 0 aliphatic heterocycles. The first-order chi connectivity index (χ1) is 15.5. The maximum absolute atomic E-state index is 13.0. The van der Waals surface area contributed by atoms with Gasteiger partial charge in [0.05, 0.1) is 30.3 Å². The minimum atomic E-state index is -0.306. The number of benzene rings is 2. The van der Waals surface area contributed by atoms with Crippen molar-refractivity contribution in [3.8, 4) is 11.6 Å². The molecular formula is C24H23N5O3. The lowest BCUT2D eigenvalue weighted by Gasteiger charge is -2.06. The van der Waals surface area contributed by atoms with E-state index in [1.165, 1.54) is 26.1 Å². The summed E-state index contributed by atoms with van der Waals surface area (Å²) >= 11 is 0. The van der Waals surface area contributed by atoms with Crippen LogP contribution in [0.4, 0.5) is 0 Å². The number of aromatic nitrogens is 5. The Balaban J connectivity index is 1.39. The van der Waals surface area contributed by atoms with Crippen LogP contribution in [0.5, 0.6) is 5.88 Å². The van der Waals surface area contributed by atoms with Gasteiger partial charge in [-0.3, -0.25) is 9.25 Å². The highest BCUT2D eigenvalue weighted by Crippen LogP contribution is 2.20. The van der Waals surface area contributed by atoms with Crippen LogP contribution in [0.2, 0.25) is 0 Å². The molecule has 8 heteroatoms. The Morgan fingerprint density at radius 2 is 1.88 bits per heavy atom. The molecule has 8 nitrogen and oxygen atoms in total. The van der Waals surface area contributed by atoms with Crippen molar-refractivity contribution in [2.24, 2.45) is 0 Å². The molecule has 0 fully saturated rings. The third kappa shape index (κ3) is 3.49. The molecule has 0 saturated heterocycles. The first-order valence-corrected chi connectivity index (χ1v) is 10.4. The molecule has 3 aromatic heterocycles. The van der Waals surface area contributed by atoms with E-state index in [4.69, 9.17) is 4.52 Å². The number of aryl methyl sites for hydroxylation is 4. The summed E-state index contributed by atoms with van der Waals surface area (Å²) in [6.45, 7) is 4.66. The molecule has 5 rings (SSSR count). The number of fused-ring (bicyclic) bond motifs is 1. The first kappa shape index (κ1) is 19.9. The summed E-state index contributed by atoms with van der Waals surface area (Å²) in [5.74, 6) is 0.615. The van der Waals surface area contributed by atoms with Crippen LogP contribution in [-0.2, 0) is 19.5 Å². The Morgan fingerprint density at radius 1 is 1.06 bits per heavy atom. The number of nitrogens with zero attached hydrogens (tertiary/aromatic N) is 5. The Labute approximate surface area is 183 Å². The third-order valence-electron chi connectivity index (χ3n) is 5.82. The van der Waals surface area contributed by atoms with E-state index in [0.29, 0.717) is 25.2 Å². The highest BCUT2D eigenvalue weighted by Gasteiger charge is 2.16. The minimum Gasteiger partial charge on any atom is -0.493 e. The zero-order valence-corrected chi connectivity index (χ0v) is 17.9. The van der Waals surface area contributed by atoms with Gasteiger partial charge in [-0.25, -0.2) is 9.36 Å². The lowest BCUT2D eigenvalue weighted by molar-refractivity contribution is 0.391. The summed E-state index contributed by atoms with van der Waals surface area (Å²) in [5, 5.41) is 21.1. The average Bonchev–Trinajstić information content (AvgIpc) is 3.46. The van der Waals surface area contributed by atoms with Crippen molar-refractivity contribution < 1.29 is 9.63 Å². The summed E-state index contributed by atoms with van der Waals surface area (Å²) in [4.78, 5) is 13.0. The van der Waals surface area contributed by atoms with Gasteiger partial charge in [0.15, 0.2) is 0 Å². The molecule has 0 bridgehead atoms. The standard InChI is InChI=1S/C24H23N5O3/c1-16-22(17(2)32-26-16)14-28-13-20(12-25-28)29-23(30)15-27(24(29)31)11-10-19-8-5-7-18-6-3-4-9-21(18)19/h3-9,12-13,15,30H,10-11,14H2,1-2H3. The molecule has 0 radical (unpaired) electrons. The number of imidazole rings is 1. The zero-order chi connectivity index (χ0) is 22.2. The maximum atomic E-state index is 13.0. The summed E-state index contributed by atoms with van der Waals surface area (Å²) in [5.41, 5.74) is 3.11. The topological polar surface area (TPSA) is 91.0 Å². The second kappa shape index (κ2) is 7.88. The highest BCUT2D eigenvalue weighted by atomic mass is 16.5. The van der Waals surface area contributed by atoms with Gasteiger partial charge in [0.25, 0.3) is 0 Å². The fraction of sp³-hybridized carbons (Fsp3) is 0.208. The molecule has 2 aromatic carbocycles. The first-order valence-electron chi connectivity index (χ1n) is 10.4. The Kier molecular flexibility index (Phi) is 4.89. The van der Waals surface area contributed by atoms with E-state index in [0.717, 1.165) is 22.6 Å². The van der Waals surface area contributed by atoms with Gasteiger partial charge in [-0.05, 0) is 36.6 Å². The molecule has 3 heterocycles. The molecule has 0 aliphatic carbocycles. The molecule has 0 unspecified atom stereocenters. The molecule has 5 aromatic rings. The van der Waals surface area contributed by atoms with Crippen LogP contribution in [0.3, 0.4) is 0 Å². The minimum absolute atomic E-state index is 0.121. The Bertz CT molecular complexity index is 1450. The van der Waals surface area contributed by atoms with Crippen molar-refractivity contribution in [3.05, 3.63) is 94.1 Å². The zero-order valence-electron chi connectivity index (χ0n) is 17.9. The van der Waals surface area contributed by atoms with Crippen molar-refractivity contribution >= 4 is 10.8 Å². The number of aromatic hydroxyl groups is 1. The van der Waals surface area contributed by atoms with Crippen LogP contribution in [0.25, 0.3) is 16.5 Å². The van der Waals surface area contributed by atoms with Gasteiger partial charge < -0.3 is 9.63 Å². The number of hydrogen-bond donors (Lipinski definition) is 1. The normalized spacial score (nSPS) is 11.4. The van der Waals surface area contributed by atoms with Crippen LogP contribution in [0, 0.1) is 13.8 Å². The van der Waals surface area contributed by atoms with Gasteiger partial charge in [-0.1, -0.05) is 47.6 Å². The van der Waals surface area contributed by atoms with Gasteiger partial charge in [0, 0.05) is 18.3 Å². The second-order valence-electron chi connectivity index (χ2n) is 7.89. The van der Waals surface area contributed by atoms with E-state index in [2.05, 4.69) is 34.5 Å². The van der Waals surface area contributed by atoms with Gasteiger partial charge in [0.2, 0.25) is 5.88 Å². The van der Waals surface area contributed by atoms with E-state index in [1.54, 1.807) is 17.1 Å². The lowest BCUT2D eigenvalue weighted by Crippen LogP contribution is -2.23. The summed E-state index contributed by atoms with van der Waals surface area (Å²) < 4.78 is 9.69. The van der Waals surface area contributed by atoms with E-state index in [9.17, 15) is 9.90 Å². The Hall–Kier alpha value is -4.07. The molecular weight excluding hydrogens is 406 g/mol. The van der Waals surface area contributed by atoms with E-state index in [-0.39, 0.29) is 11.6 Å². The van der Waals surface area contributed by atoms with Crippen LogP contribution in [0.1, 0.15) is 22.6 Å². The van der Waals surface area contributed by atoms with Gasteiger partial charge in [0.1, 0.15) is 5.76 Å². The number of hydrogen-bond acceptors (Lipinski definition) is 5. The molecule has 1 N–H and O–H groups in total. The molecule has 32 heavy (non-hydrogen) atoms. The molecule has 0 spiro atoms. The van der Waals surface area contributed by atoms with Crippen molar-refractivity contribution in [3.63, 3.8) is 0 Å². The van der Waals surface area contributed by atoms with Crippen molar-refractivity contribution in [1.29, 1.82) is 0 Å². The monoisotopic (exact) mass is 429 g/mol. The molecule has 162 valence electrons. The van der Waals surface area contributed by atoms with Crippen molar-refractivity contribution in [2.45, 2.75) is 33.4 Å². The third-order valence-corrected chi connectivity index (χ3v) is 5.82. The molecule has 0 amide bonds. The van der Waals surface area contributed by atoms with Crippen LogP contribution < -0.4 is 5.69 Å². The molecule has 0 aliphatic rings. The fourth-order valence-corrected chi connectivity index (χ4v) is 4.08. The van der Waals surface area contributed by atoms with Gasteiger partial charge >= 0.3 is 5.69 Å². The molecule has 0 atom stereocenters. The average molecular weight is 429 g/mol.